The summed E-state index contributed by atoms with van der Waals surface area (Å²) in [5, 5.41) is 3.63. The zero-order valence-corrected chi connectivity index (χ0v) is 11.3. The van der Waals surface area contributed by atoms with Crippen LogP contribution in [0.15, 0.2) is 47.1 Å². The number of furan rings is 1. The Morgan fingerprint density at radius 1 is 1.17 bits per heavy atom. The van der Waals surface area contributed by atoms with E-state index in [-0.39, 0.29) is 6.04 Å². The molecular formula is C16H21NO. The molecule has 2 unspecified atom stereocenters. The molecular weight excluding hydrogens is 222 g/mol. The number of aryl methyl sites for hydroxylation is 1. The minimum Gasteiger partial charge on any atom is -0.468 e. The second-order valence-electron chi connectivity index (χ2n) is 4.72. The fourth-order valence-corrected chi connectivity index (χ4v) is 2.35. The Morgan fingerprint density at radius 2 is 1.94 bits per heavy atom. The van der Waals surface area contributed by atoms with Gasteiger partial charge in [0.05, 0.1) is 12.3 Å². The zero-order valence-electron chi connectivity index (χ0n) is 11.3. The van der Waals surface area contributed by atoms with Crippen LogP contribution in [-0.2, 0) is 0 Å². The van der Waals surface area contributed by atoms with Gasteiger partial charge in [-0.3, -0.25) is 0 Å². The van der Waals surface area contributed by atoms with Crippen molar-refractivity contribution in [3.8, 4) is 0 Å². The highest BCUT2D eigenvalue weighted by Gasteiger charge is 2.16. The number of hydrogen-bond donors (Lipinski definition) is 1. The quantitative estimate of drug-likeness (QED) is 0.842. The van der Waals surface area contributed by atoms with Crippen LogP contribution in [0.4, 0.5) is 0 Å². The predicted octanol–water partition coefficient (Wildman–Crippen LogP) is 4.39. The molecule has 0 fully saturated rings. The monoisotopic (exact) mass is 243 g/mol. The van der Waals surface area contributed by atoms with Gasteiger partial charge in [0.15, 0.2) is 0 Å². The molecule has 0 spiro atoms. The number of nitrogens with one attached hydrogen (secondary N) is 1. The smallest absolute Gasteiger partial charge is 0.120 e. The summed E-state index contributed by atoms with van der Waals surface area (Å²) < 4.78 is 5.49. The molecule has 2 heteroatoms. The molecule has 1 N–H and O–H groups in total. The second kappa shape index (κ2) is 5.87. The summed E-state index contributed by atoms with van der Waals surface area (Å²) in [6.45, 7) is 6.53. The Kier molecular flexibility index (Phi) is 4.21. The highest BCUT2D eigenvalue weighted by Crippen LogP contribution is 2.23. The largest absolute Gasteiger partial charge is 0.468 e. The first-order chi connectivity index (χ1) is 8.72. The van der Waals surface area contributed by atoms with E-state index in [2.05, 4.69) is 50.4 Å². The zero-order chi connectivity index (χ0) is 13.0. The van der Waals surface area contributed by atoms with E-state index in [0.29, 0.717) is 6.04 Å². The molecule has 1 heterocycles. The van der Waals surface area contributed by atoms with Gasteiger partial charge in [-0.2, -0.15) is 0 Å². The van der Waals surface area contributed by atoms with Crippen molar-refractivity contribution >= 4 is 0 Å². The van der Waals surface area contributed by atoms with E-state index in [1.54, 1.807) is 6.26 Å². The van der Waals surface area contributed by atoms with Gasteiger partial charge in [-0.15, -0.1) is 0 Å². The van der Waals surface area contributed by atoms with Gasteiger partial charge in [-0.05, 0) is 43.5 Å². The Bertz CT molecular complexity index is 476. The van der Waals surface area contributed by atoms with Gasteiger partial charge in [-0.1, -0.05) is 31.2 Å². The Balaban J connectivity index is 2.11. The minimum absolute atomic E-state index is 0.273. The Hall–Kier alpha value is -1.54. The summed E-state index contributed by atoms with van der Waals surface area (Å²) in [6.07, 6.45) is 2.75. The molecule has 0 amide bonds. The lowest BCUT2D eigenvalue weighted by Gasteiger charge is -2.22. The summed E-state index contributed by atoms with van der Waals surface area (Å²) in [5.41, 5.74) is 2.68. The van der Waals surface area contributed by atoms with Gasteiger partial charge in [0.2, 0.25) is 0 Å². The minimum atomic E-state index is 0.273. The normalized spacial score (nSPS) is 14.4. The van der Waals surface area contributed by atoms with E-state index in [1.807, 2.05) is 12.1 Å². The molecule has 2 nitrogen and oxygen atoms in total. The van der Waals surface area contributed by atoms with Gasteiger partial charge in [0, 0.05) is 6.04 Å². The van der Waals surface area contributed by atoms with E-state index in [1.165, 1.54) is 11.1 Å². The van der Waals surface area contributed by atoms with Gasteiger partial charge in [0.1, 0.15) is 5.76 Å². The van der Waals surface area contributed by atoms with Crippen LogP contribution >= 0.6 is 0 Å². The first kappa shape index (κ1) is 12.9. The van der Waals surface area contributed by atoms with Crippen molar-refractivity contribution in [2.75, 3.05) is 0 Å². The molecule has 0 saturated carbocycles. The van der Waals surface area contributed by atoms with Crippen LogP contribution in [-0.4, -0.2) is 0 Å². The maximum Gasteiger partial charge on any atom is 0.120 e. The van der Waals surface area contributed by atoms with Crippen molar-refractivity contribution in [1.29, 1.82) is 0 Å². The summed E-state index contributed by atoms with van der Waals surface area (Å²) in [7, 11) is 0. The Labute approximate surface area is 109 Å². The molecule has 96 valence electrons. The van der Waals surface area contributed by atoms with Gasteiger partial charge < -0.3 is 9.73 Å². The van der Waals surface area contributed by atoms with E-state index >= 15 is 0 Å². The van der Waals surface area contributed by atoms with Crippen LogP contribution in [0.1, 0.15) is 49.2 Å². The van der Waals surface area contributed by atoms with Crippen LogP contribution in [0.3, 0.4) is 0 Å². The van der Waals surface area contributed by atoms with Crippen LogP contribution in [0, 0.1) is 6.92 Å². The first-order valence-electron chi connectivity index (χ1n) is 6.57. The van der Waals surface area contributed by atoms with Gasteiger partial charge >= 0.3 is 0 Å². The molecule has 0 saturated heterocycles. The van der Waals surface area contributed by atoms with Crippen LogP contribution in [0.5, 0.6) is 0 Å². The summed E-state index contributed by atoms with van der Waals surface area (Å²) in [5.74, 6) is 1.01. The summed E-state index contributed by atoms with van der Waals surface area (Å²) in [6, 6.07) is 13.1. The molecule has 0 aliphatic rings. The lowest BCUT2D eigenvalue weighted by molar-refractivity contribution is 0.376. The maximum atomic E-state index is 5.49. The van der Waals surface area contributed by atoms with E-state index in [4.69, 9.17) is 4.42 Å². The molecule has 0 bridgehead atoms. The fraction of sp³-hybridized carbons (Fsp3) is 0.375. The number of rotatable bonds is 5. The SMILES string of the molecule is CCC(NC(C)c1ccccc1C)c1ccco1. The van der Waals surface area contributed by atoms with Crippen molar-refractivity contribution < 1.29 is 4.42 Å². The molecule has 2 atom stereocenters. The average molecular weight is 243 g/mol. The third-order valence-electron chi connectivity index (χ3n) is 3.40. The third-order valence-corrected chi connectivity index (χ3v) is 3.40. The first-order valence-corrected chi connectivity index (χ1v) is 6.57. The highest BCUT2D eigenvalue weighted by atomic mass is 16.3. The third kappa shape index (κ3) is 2.82. The van der Waals surface area contributed by atoms with Crippen molar-refractivity contribution in [3.63, 3.8) is 0 Å². The molecule has 0 aliphatic heterocycles. The summed E-state index contributed by atoms with van der Waals surface area (Å²) in [4.78, 5) is 0. The lowest BCUT2D eigenvalue weighted by atomic mass is 10.0. The fourth-order valence-electron chi connectivity index (χ4n) is 2.35. The lowest BCUT2D eigenvalue weighted by Crippen LogP contribution is -2.24. The molecule has 18 heavy (non-hydrogen) atoms. The molecule has 1 aromatic carbocycles. The van der Waals surface area contributed by atoms with E-state index in [0.717, 1.165) is 12.2 Å². The molecule has 2 rings (SSSR count). The predicted molar refractivity (Wildman–Crippen MR) is 74.5 cm³/mol. The molecule has 0 aliphatic carbocycles. The van der Waals surface area contributed by atoms with Crippen molar-refractivity contribution in [2.45, 2.75) is 39.3 Å². The van der Waals surface area contributed by atoms with Gasteiger partial charge in [0.25, 0.3) is 0 Å². The Morgan fingerprint density at radius 3 is 2.56 bits per heavy atom. The van der Waals surface area contributed by atoms with E-state index in [9.17, 15) is 0 Å². The van der Waals surface area contributed by atoms with E-state index < -0.39 is 0 Å². The maximum absolute atomic E-state index is 5.49. The highest BCUT2D eigenvalue weighted by molar-refractivity contribution is 5.28. The van der Waals surface area contributed by atoms with Crippen LogP contribution < -0.4 is 5.32 Å². The number of benzene rings is 1. The number of hydrogen-bond acceptors (Lipinski definition) is 2. The van der Waals surface area contributed by atoms with Crippen LogP contribution in [0.25, 0.3) is 0 Å². The molecule has 1 aromatic heterocycles. The molecule has 2 aromatic rings. The van der Waals surface area contributed by atoms with Gasteiger partial charge in [-0.25, -0.2) is 0 Å². The van der Waals surface area contributed by atoms with Crippen LogP contribution in [0.2, 0.25) is 0 Å². The van der Waals surface area contributed by atoms with Crippen molar-refractivity contribution in [3.05, 3.63) is 59.5 Å². The van der Waals surface area contributed by atoms with Crippen molar-refractivity contribution in [1.82, 2.24) is 5.32 Å². The second-order valence-corrected chi connectivity index (χ2v) is 4.72. The standard InChI is InChI=1S/C16H21NO/c1-4-15(16-10-7-11-18-16)17-13(3)14-9-6-5-8-12(14)2/h5-11,13,15,17H,4H2,1-3H3. The topological polar surface area (TPSA) is 25.2 Å². The van der Waals surface area contributed by atoms with Crippen molar-refractivity contribution in [2.24, 2.45) is 0 Å². The summed E-state index contributed by atoms with van der Waals surface area (Å²) >= 11 is 0. The average Bonchev–Trinajstić information content (AvgIpc) is 2.90. The molecule has 0 radical (unpaired) electrons.